The van der Waals surface area contributed by atoms with E-state index in [1.54, 1.807) is 36.5 Å². The average molecular weight is 340 g/mol. The third-order valence-electron chi connectivity index (χ3n) is 3.47. The summed E-state index contributed by atoms with van der Waals surface area (Å²) in [5, 5.41) is 5.93. The maximum atomic E-state index is 14.0. The first-order valence-electron chi connectivity index (χ1n) is 6.96. The van der Waals surface area contributed by atoms with Crippen molar-refractivity contribution in [2.24, 2.45) is 0 Å². The van der Waals surface area contributed by atoms with Crippen LogP contribution in [0.15, 0.2) is 47.6 Å². The number of imide groups is 1. The third kappa shape index (κ3) is 2.46. The first-order valence-corrected chi connectivity index (χ1v) is 7.77. The van der Waals surface area contributed by atoms with Crippen LogP contribution in [0.4, 0.5) is 9.18 Å². The Morgan fingerprint density at radius 3 is 2.79 bits per heavy atom. The minimum absolute atomic E-state index is 0.271. The zero-order valence-electron chi connectivity index (χ0n) is 12.1. The van der Waals surface area contributed by atoms with Gasteiger partial charge in [-0.15, -0.1) is 0 Å². The molecule has 3 heterocycles. The molecule has 0 bridgehead atoms. The van der Waals surface area contributed by atoms with Crippen LogP contribution in [0.2, 0.25) is 0 Å². The van der Waals surface area contributed by atoms with Gasteiger partial charge in [0.2, 0.25) is 0 Å². The van der Waals surface area contributed by atoms with Gasteiger partial charge in [-0.1, -0.05) is 12.1 Å². The summed E-state index contributed by atoms with van der Waals surface area (Å²) < 4.78 is 15.5. The van der Waals surface area contributed by atoms with Crippen LogP contribution in [0.3, 0.4) is 0 Å². The second kappa shape index (κ2) is 5.57. The van der Waals surface area contributed by atoms with Gasteiger partial charge in [-0.05, 0) is 36.0 Å². The number of rotatable bonds is 2. The Morgan fingerprint density at radius 1 is 1.21 bits per heavy atom. The van der Waals surface area contributed by atoms with Crippen molar-refractivity contribution in [2.75, 3.05) is 0 Å². The number of amides is 2. The molecule has 4 rings (SSSR count). The molecule has 2 aromatic heterocycles. The normalized spacial score (nSPS) is 16.1. The Morgan fingerprint density at radius 2 is 2.04 bits per heavy atom. The molecule has 1 fully saturated rings. The SMILES string of the molecule is O=C1NC(=O)/C(=C/c2cnn3ccc(-c4ccccc4F)nc23)S1. The summed E-state index contributed by atoms with van der Waals surface area (Å²) in [5.74, 6) is -0.820. The Hall–Kier alpha value is -3.00. The highest BCUT2D eigenvalue weighted by atomic mass is 32.2. The highest BCUT2D eigenvalue weighted by Crippen LogP contribution is 2.27. The van der Waals surface area contributed by atoms with E-state index in [2.05, 4.69) is 15.4 Å². The summed E-state index contributed by atoms with van der Waals surface area (Å²) in [6.07, 6.45) is 4.75. The number of carbonyl (C=O) groups excluding carboxylic acids is 2. The zero-order valence-corrected chi connectivity index (χ0v) is 12.9. The number of hydrogen-bond acceptors (Lipinski definition) is 5. The van der Waals surface area contributed by atoms with Crippen LogP contribution >= 0.6 is 11.8 Å². The molecule has 118 valence electrons. The van der Waals surface area contributed by atoms with Crippen molar-refractivity contribution in [1.82, 2.24) is 19.9 Å². The van der Waals surface area contributed by atoms with Crippen molar-refractivity contribution < 1.29 is 14.0 Å². The van der Waals surface area contributed by atoms with E-state index in [0.717, 1.165) is 11.8 Å². The lowest BCUT2D eigenvalue weighted by atomic mass is 10.1. The largest absolute Gasteiger partial charge is 0.290 e. The Kier molecular flexibility index (Phi) is 3.39. The summed E-state index contributed by atoms with van der Waals surface area (Å²) in [4.78, 5) is 27.6. The fourth-order valence-corrected chi connectivity index (χ4v) is 3.04. The van der Waals surface area contributed by atoms with E-state index in [9.17, 15) is 14.0 Å². The van der Waals surface area contributed by atoms with Crippen molar-refractivity contribution in [3.63, 3.8) is 0 Å². The van der Waals surface area contributed by atoms with Crippen molar-refractivity contribution in [2.45, 2.75) is 0 Å². The Bertz CT molecular complexity index is 1030. The Labute approximate surface area is 139 Å². The minimum Gasteiger partial charge on any atom is -0.282 e. The molecule has 1 aliphatic heterocycles. The first kappa shape index (κ1) is 14.6. The molecule has 1 aromatic carbocycles. The lowest BCUT2D eigenvalue weighted by molar-refractivity contribution is -0.115. The maximum Gasteiger partial charge on any atom is 0.290 e. The number of nitrogens with one attached hydrogen (secondary N) is 1. The van der Waals surface area contributed by atoms with E-state index in [1.807, 2.05) is 0 Å². The summed E-state index contributed by atoms with van der Waals surface area (Å²) in [6, 6.07) is 8.01. The molecule has 1 aliphatic rings. The molecular weight excluding hydrogens is 331 g/mol. The molecule has 8 heteroatoms. The highest BCUT2D eigenvalue weighted by Gasteiger charge is 2.25. The maximum absolute atomic E-state index is 14.0. The second-order valence-electron chi connectivity index (χ2n) is 5.01. The number of carbonyl (C=O) groups is 2. The summed E-state index contributed by atoms with van der Waals surface area (Å²) in [6.45, 7) is 0. The van der Waals surface area contributed by atoms with Crippen molar-refractivity contribution in [3.05, 3.63) is 59.0 Å². The number of nitrogens with zero attached hydrogens (tertiary/aromatic N) is 3. The van der Waals surface area contributed by atoms with E-state index >= 15 is 0 Å². The van der Waals surface area contributed by atoms with Crippen LogP contribution in [0, 0.1) is 5.82 Å². The molecule has 0 saturated carbocycles. The van der Waals surface area contributed by atoms with E-state index in [-0.39, 0.29) is 10.7 Å². The van der Waals surface area contributed by atoms with Gasteiger partial charge in [0.1, 0.15) is 5.82 Å². The molecule has 3 aromatic rings. The fourth-order valence-electron chi connectivity index (χ4n) is 2.37. The lowest BCUT2D eigenvalue weighted by Gasteiger charge is -2.03. The van der Waals surface area contributed by atoms with Gasteiger partial charge < -0.3 is 0 Å². The molecule has 0 radical (unpaired) electrons. The monoisotopic (exact) mass is 340 g/mol. The molecule has 2 amide bonds. The number of halogens is 1. The average Bonchev–Trinajstić information content (AvgIpc) is 3.11. The number of hydrogen-bond donors (Lipinski definition) is 1. The van der Waals surface area contributed by atoms with E-state index in [1.165, 1.54) is 16.8 Å². The summed E-state index contributed by atoms with van der Waals surface area (Å²) in [5.41, 5.74) is 1.87. The van der Waals surface area contributed by atoms with E-state index < -0.39 is 11.1 Å². The molecule has 1 N–H and O–H groups in total. The topological polar surface area (TPSA) is 76.4 Å². The van der Waals surface area contributed by atoms with Crippen LogP contribution in [0.25, 0.3) is 23.0 Å². The second-order valence-corrected chi connectivity index (χ2v) is 6.03. The van der Waals surface area contributed by atoms with Crippen molar-refractivity contribution in [3.8, 4) is 11.3 Å². The highest BCUT2D eigenvalue weighted by molar-refractivity contribution is 8.18. The van der Waals surface area contributed by atoms with Crippen LogP contribution in [-0.4, -0.2) is 25.7 Å². The van der Waals surface area contributed by atoms with Gasteiger partial charge in [0, 0.05) is 17.3 Å². The Balaban J connectivity index is 1.83. The smallest absolute Gasteiger partial charge is 0.282 e. The standard InChI is InChI=1S/C16H9FN4O2S/c17-11-4-2-1-3-10(11)12-5-6-21-14(19-12)9(8-18-21)7-13-15(22)20-16(23)24-13/h1-8H,(H,20,22,23)/b13-7-. The fraction of sp³-hybridized carbons (Fsp3) is 0. The number of benzene rings is 1. The van der Waals surface area contributed by atoms with Crippen LogP contribution in [-0.2, 0) is 4.79 Å². The quantitative estimate of drug-likeness (QED) is 0.726. The zero-order chi connectivity index (χ0) is 16.7. The first-order chi connectivity index (χ1) is 11.6. The minimum atomic E-state index is -0.449. The molecule has 0 atom stereocenters. The van der Waals surface area contributed by atoms with Crippen molar-refractivity contribution >= 4 is 34.6 Å². The lowest BCUT2D eigenvalue weighted by Crippen LogP contribution is -2.17. The molecule has 0 aliphatic carbocycles. The van der Waals surface area contributed by atoms with Gasteiger partial charge in [-0.25, -0.2) is 13.9 Å². The molecular formula is C16H9FN4O2S. The third-order valence-corrected chi connectivity index (χ3v) is 4.29. The molecule has 6 nitrogen and oxygen atoms in total. The van der Waals surface area contributed by atoms with Gasteiger partial charge in [-0.2, -0.15) is 5.10 Å². The molecule has 24 heavy (non-hydrogen) atoms. The molecule has 0 spiro atoms. The summed E-state index contributed by atoms with van der Waals surface area (Å²) in [7, 11) is 0. The predicted octanol–water partition coefficient (Wildman–Crippen LogP) is 2.86. The predicted molar refractivity (Wildman–Crippen MR) is 87.5 cm³/mol. The van der Waals surface area contributed by atoms with Crippen molar-refractivity contribution in [1.29, 1.82) is 0 Å². The number of aromatic nitrogens is 3. The van der Waals surface area contributed by atoms with Gasteiger partial charge in [-0.3, -0.25) is 14.9 Å². The van der Waals surface area contributed by atoms with Gasteiger partial charge in [0.15, 0.2) is 5.65 Å². The molecule has 0 unspecified atom stereocenters. The van der Waals surface area contributed by atoms with Gasteiger partial charge >= 0.3 is 0 Å². The number of thioether (sulfide) groups is 1. The van der Waals surface area contributed by atoms with Gasteiger partial charge in [0.05, 0.1) is 16.8 Å². The summed E-state index contributed by atoms with van der Waals surface area (Å²) >= 11 is 0.820. The van der Waals surface area contributed by atoms with Crippen LogP contribution in [0.1, 0.15) is 5.56 Å². The van der Waals surface area contributed by atoms with Crippen LogP contribution < -0.4 is 5.32 Å². The van der Waals surface area contributed by atoms with E-state index in [0.29, 0.717) is 22.5 Å². The van der Waals surface area contributed by atoms with Crippen LogP contribution in [0.5, 0.6) is 0 Å². The van der Waals surface area contributed by atoms with Gasteiger partial charge in [0.25, 0.3) is 11.1 Å². The molecule has 1 saturated heterocycles. The van der Waals surface area contributed by atoms with E-state index in [4.69, 9.17) is 0 Å². The number of fused-ring (bicyclic) bond motifs is 1.